The highest BCUT2D eigenvalue weighted by molar-refractivity contribution is 5.95. The first-order valence-electron chi connectivity index (χ1n) is 7.04. The lowest BCUT2D eigenvalue weighted by atomic mass is 10.1. The van der Waals surface area contributed by atoms with Crippen LogP contribution in [0.15, 0.2) is 18.2 Å². The topological polar surface area (TPSA) is 84.2 Å². The van der Waals surface area contributed by atoms with Crippen molar-refractivity contribution in [2.24, 2.45) is 11.7 Å². The molecule has 128 valence electrons. The van der Waals surface area contributed by atoms with Crippen LogP contribution in [0, 0.1) is 12.8 Å². The van der Waals surface area contributed by atoms with Crippen molar-refractivity contribution in [2.45, 2.75) is 33.0 Å². The van der Waals surface area contributed by atoms with Gasteiger partial charge in [0.05, 0.1) is 18.2 Å². The van der Waals surface area contributed by atoms with Gasteiger partial charge in [0.2, 0.25) is 11.8 Å². The van der Waals surface area contributed by atoms with Gasteiger partial charge >= 0.3 is 6.18 Å². The van der Waals surface area contributed by atoms with E-state index in [4.69, 9.17) is 5.73 Å². The number of carbonyl (C=O) groups excluding carboxylic acids is 2. The lowest BCUT2D eigenvalue weighted by Crippen LogP contribution is -2.46. The van der Waals surface area contributed by atoms with E-state index in [0.29, 0.717) is 0 Å². The molecule has 0 aliphatic rings. The fourth-order valence-electron chi connectivity index (χ4n) is 1.86. The SMILES string of the molecule is Cc1c(NC(=O)CNC(=O)[C@@H](N)C(C)C)cccc1C(F)(F)F. The first-order chi connectivity index (χ1) is 10.5. The summed E-state index contributed by atoms with van der Waals surface area (Å²) in [5.41, 5.74) is 4.77. The molecule has 0 spiro atoms. The Bertz CT molecular complexity index is 586. The minimum atomic E-state index is -4.50. The molecule has 0 aliphatic heterocycles. The largest absolute Gasteiger partial charge is 0.416 e. The molecule has 1 aromatic rings. The van der Waals surface area contributed by atoms with Gasteiger partial charge in [-0.25, -0.2) is 0 Å². The first kappa shape index (κ1) is 19.0. The van der Waals surface area contributed by atoms with Crippen molar-refractivity contribution in [2.75, 3.05) is 11.9 Å². The van der Waals surface area contributed by atoms with Crippen LogP contribution in [0.4, 0.5) is 18.9 Å². The van der Waals surface area contributed by atoms with Crippen LogP contribution in [0.25, 0.3) is 0 Å². The van der Waals surface area contributed by atoms with E-state index >= 15 is 0 Å². The third-order valence-electron chi connectivity index (χ3n) is 3.36. The number of amides is 2. The van der Waals surface area contributed by atoms with Crippen LogP contribution in [-0.4, -0.2) is 24.4 Å². The monoisotopic (exact) mass is 331 g/mol. The number of carbonyl (C=O) groups is 2. The van der Waals surface area contributed by atoms with Crippen LogP contribution in [0.5, 0.6) is 0 Å². The highest BCUT2D eigenvalue weighted by atomic mass is 19.4. The molecule has 1 atom stereocenters. The van der Waals surface area contributed by atoms with Gasteiger partial charge in [0.25, 0.3) is 0 Å². The average Bonchev–Trinajstić information content (AvgIpc) is 2.44. The van der Waals surface area contributed by atoms with Crippen LogP contribution >= 0.6 is 0 Å². The normalized spacial score (nSPS) is 12.9. The second kappa shape index (κ2) is 7.45. The number of halogens is 3. The van der Waals surface area contributed by atoms with Crippen LogP contribution < -0.4 is 16.4 Å². The number of nitrogens with one attached hydrogen (secondary N) is 2. The van der Waals surface area contributed by atoms with E-state index in [2.05, 4.69) is 10.6 Å². The fraction of sp³-hybridized carbons (Fsp3) is 0.467. The zero-order valence-corrected chi connectivity index (χ0v) is 13.1. The number of benzene rings is 1. The van der Waals surface area contributed by atoms with Crippen molar-refractivity contribution in [3.05, 3.63) is 29.3 Å². The third-order valence-corrected chi connectivity index (χ3v) is 3.36. The van der Waals surface area contributed by atoms with E-state index in [1.165, 1.54) is 19.1 Å². The Morgan fingerprint density at radius 1 is 1.26 bits per heavy atom. The van der Waals surface area contributed by atoms with Crippen LogP contribution in [0.2, 0.25) is 0 Å². The maximum absolute atomic E-state index is 12.8. The minimum Gasteiger partial charge on any atom is -0.346 e. The number of rotatable bonds is 5. The quantitative estimate of drug-likeness (QED) is 0.772. The fourth-order valence-corrected chi connectivity index (χ4v) is 1.86. The Balaban J connectivity index is 2.71. The molecule has 0 aliphatic carbocycles. The summed E-state index contributed by atoms with van der Waals surface area (Å²) in [5, 5.41) is 4.70. The van der Waals surface area contributed by atoms with E-state index in [0.717, 1.165) is 6.07 Å². The molecule has 0 heterocycles. The number of alkyl halides is 3. The highest BCUT2D eigenvalue weighted by Gasteiger charge is 2.33. The molecule has 0 saturated heterocycles. The summed E-state index contributed by atoms with van der Waals surface area (Å²) >= 11 is 0. The Labute approximate surface area is 132 Å². The third kappa shape index (κ3) is 5.24. The van der Waals surface area contributed by atoms with Crippen molar-refractivity contribution in [3.63, 3.8) is 0 Å². The second-order valence-corrected chi connectivity index (χ2v) is 5.51. The molecule has 0 fully saturated rings. The van der Waals surface area contributed by atoms with Crippen LogP contribution in [0.1, 0.15) is 25.0 Å². The van der Waals surface area contributed by atoms with Gasteiger partial charge in [-0.3, -0.25) is 9.59 Å². The number of anilines is 1. The number of nitrogens with two attached hydrogens (primary N) is 1. The second-order valence-electron chi connectivity index (χ2n) is 5.51. The molecule has 23 heavy (non-hydrogen) atoms. The smallest absolute Gasteiger partial charge is 0.346 e. The van der Waals surface area contributed by atoms with Gasteiger partial charge in [-0.2, -0.15) is 13.2 Å². The molecule has 0 aromatic heterocycles. The zero-order chi connectivity index (χ0) is 17.8. The van der Waals surface area contributed by atoms with E-state index in [1.807, 2.05) is 0 Å². The maximum atomic E-state index is 12.8. The Hall–Kier alpha value is -2.09. The van der Waals surface area contributed by atoms with Crippen molar-refractivity contribution >= 4 is 17.5 Å². The molecule has 0 bridgehead atoms. The maximum Gasteiger partial charge on any atom is 0.416 e. The predicted molar refractivity (Wildman–Crippen MR) is 80.6 cm³/mol. The summed E-state index contributed by atoms with van der Waals surface area (Å²) in [4.78, 5) is 23.4. The van der Waals surface area contributed by atoms with Gasteiger partial charge in [-0.15, -0.1) is 0 Å². The van der Waals surface area contributed by atoms with Crippen molar-refractivity contribution in [3.8, 4) is 0 Å². The Kier molecular flexibility index (Phi) is 6.14. The minimum absolute atomic E-state index is 0.0484. The Morgan fingerprint density at radius 3 is 2.39 bits per heavy atom. The summed E-state index contributed by atoms with van der Waals surface area (Å²) in [7, 11) is 0. The summed E-state index contributed by atoms with van der Waals surface area (Å²) < 4.78 is 38.4. The van der Waals surface area contributed by atoms with E-state index in [1.54, 1.807) is 13.8 Å². The lowest BCUT2D eigenvalue weighted by Gasteiger charge is -2.16. The molecule has 0 radical (unpaired) electrons. The summed E-state index contributed by atoms with van der Waals surface area (Å²) in [6, 6.07) is 2.76. The van der Waals surface area contributed by atoms with E-state index in [9.17, 15) is 22.8 Å². The van der Waals surface area contributed by atoms with Gasteiger partial charge in [0.1, 0.15) is 0 Å². The van der Waals surface area contributed by atoms with Crippen LogP contribution in [0.3, 0.4) is 0 Å². The molecular formula is C15H20F3N3O2. The van der Waals surface area contributed by atoms with Crippen molar-refractivity contribution in [1.29, 1.82) is 0 Å². The molecule has 8 heteroatoms. The Morgan fingerprint density at radius 2 is 1.87 bits per heavy atom. The first-order valence-corrected chi connectivity index (χ1v) is 7.04. The van der Waals surface area contributed by atoms with Gasteiger partial charge < -0.3 is 16.4 Å². The van der Waals surface area contributed by atoms with Crippen molar-refractivity contribution in [1.82, 2.24) is 5.32 Å². The molecule has 0 unspecified atom stereocenters. The lowest BCUT2D eigenvalue weighted by molar-refractivity contribution is -0.138. The summed E-state index contributed by atoms with van der Waals surface area (Å²) in [5.74, 6) is -1.21. The molecule has 2 amide bonds. The standard InChI is InChI=1S/C15H20F3N3O2/c1-8(2)13(19)14(23)20-7-12(22)21-11-6-4-5-10(9(11)3)15(16,17)18/h4-6,8,13H,7,19H2,1-3H3,(H,20,23)(H,21,22)/t13-/m0/s1. The predicted octanol–water partition coefficient (Wildman–Crippen LogP) is 2.05. The van der Waals surface area contributed by atoms with Gasteiger partial charge in [0, 0.05) is 5.69 Å². The number of hydrogen-bond acceptors (Lipinski definition) is 3. The molecule has 5 nitrogen and oxygen atoms in total. The van der Waals surface area contributed by atoms with Gasteiger partial charge in [-0.1, -0.05) is 19.9 Å². The summed E-state index contributed by atoms with van der Waals surface area (Å²) in [6.45, 7) is 4.42. The highest BCUT2D eigenvalue weighted by Crippen LogP contribution is 2.34. The molecule has 4 N–H and O–H groups in total. The van der Waals surface area contributed by atoms with Crippen LogP contribution in [-0.2, 0) is 15.8 Å². The molecule has 0 saturated carbocycles. The van der Waals surface area contributed by atoms with Gasteiger partial charge in [-0.05, 0) is 30.5 Å². The molecular weight excluding hydrogens is 311 g/mol. The van der Waals surface area contributed by atoms with Crippen molar-refractivity contribution < 1.29 is 22.8 Å². The van der Waals surface area contributed by atoms with E-state index in [-0.39, 0.29) is 23.7 Å². The number of hydrogen-bond donors (Lipinski definition) is 3. The zero-order valence-electron chi connectivity index (χ0n) is 13.1. The molecule has 1 rings (SSSR count). The summed E-state index contributed by atoms with van der Waals surface area (Å²) in [6.07, 6.45) is -4.50. The average molecular weight is 331 g/mol. The van der Waals surface area contributed by atoms with Gasteiger partial charge in [0.15, 0.2) is 0 Å². The van der Waals surface area contributed by atoms with E-state index < -0.39 is 29.6 Å². The molecule has 1 aromatic carbocycles.